The molecule has 3 rings (SSSR count). The van der Waals surface area contributed by atoms with E-state index in [1.54, 1.807) is 17.7 Å². The van der Waals surface area contributed by atoms with Gasteiger partial charge in [0.15, 0.2) is 0 Å². The highest BCUT2D eigenvalue weighted by Gasteiger charge is 2.09. The minimum absolute atomic E-state index is 0.0301. The summed E-state index contributed by atoms with van der Waals surface area (Å²) in [7, 11) is 1.79. The van der Waals surface area contributed by atoms with Gasteiger partial charge in [-0.15, -0.1) is 0 Å². The third-order valence-corrected chi connectivity index (χ3v) is 4.63. The topological polar surface area (TPSA) is 51.5 Å². The summed E-state index contributed by atoms with van der Waals surface area (Å²) in [5, 5.41) is 9.83. The van der Waals surface area contributed by atoms with Gasteiger partial charge in [0.05, 0.1) is 12.1 Å². The normalized spacial score (nSPS) is 11.0. The van der Waals surface area contributed by atoms with Crippen molar-refractivity contribution < 1.29 is 9.84 Å². The summed E-state index contributed by atoms with van der Waals surface area (Å²) in [6.45, 7) is 0.895. The van der Waals surface area contributed by atoms with Crippen LogP contribution in [0, 0.1) is 0 Å². The van der Waals surface area contributed by atoms with Crippen LogP contribution in [-0.2, 0) is 7.05 Å². The van der Waals surface area contributed by atoms with Crippen molar-refractivity contribution >= 4 is 10.9 Å². The first-order valence-electron chi connectivity index (χ1n) is 9.13. The highest BCUT2D eigenvalue weighted by atomic mass is 16.5. The number of pyridine rings is 1. The number of aliphatic hydroxyl groups excluding tert-OH is 1. The zero-order chi connectivity index (χ0) is 18.4. The molecule has 2 aromatic carbocycles. The minimum Gasteiger partial charge on any atom is -0.494 e. The number of hydrogen-bond acceptors (Lipinski definition) is 3. The number of benzene rings is 2. The van der Waals surface area contributed by atoms with E-state index in [0.717, 1.165) is 53.5 Å². The van der Waals surface area contributed by atoms with Crippen molar-refractivity contribution in [3.63, 3.8) is 0 Å². The smallest absolute Gasteiger partial charge is 0.251 e. The molecule has 3 aromatic rings. The molecule has 26 heavy (non-hydrogen) atoms. The van der Waals surface area contributed by atoms with Crippen molar-refractivity contribution in [3.8, 4) is 16.9 Å². The zero-order valence-electron chi connectivity index (χ0n) is 15.1. The highest BCUT2D eigenvalue weighted by Crippen LogP contribution is 2.29. The number of ether oxygens (including phenoxy) is 1. The van der Waals surface area contributed by atoms with E-state index in [2.05, 4.69) is 0 Å². The maximum atomic E-state index is 12.4. The van der Waals surface area contributed by atoms with Gasteiger partial charge in [0.25, 0.3) is 5.56 Å². The molecule has 0 atom stereocenters. The average molecular weight is 351 g/mol. The number of aryl methyl sites for hydroxylation is 1. The van der Waals surface area contributed by atoms with E-state index in [4.69, 9.17) is 9.84 Å². The molecule has 1 aromatic heterocycles. The van der Waals surface area contributed by atoms with Crippen molar-refractivity contribution in [2.45, 2.75) is 25.7 Å². The van der Waals surface area contributed by atoms with Crippen LogP contribution in [0.25, 0.3) is 22.0 Å². The van der Waals surface area contributed by atoms with Crippen molar-refractivity contribution in [2.24, 2.45) is 7.05 Å². The predicted molar refractivity (Wildman–Crippen MR) is 106 cm³/mol. The van der Waals surface area contributed by atoms with Gasteiger partial charge >= 0.3 is 0 Å². The maximum absolute atomic E-state index is 12.4. The van der Waals surface area contributed by atoms with Crippen LogP contribution in [0.5, 0.6) is 5.75 Å². The molecule has 0 amide bonds. The number of hydrogen-bond donors (Lipinski definition) is 1. The quantitative estimate of drug-likeness (QED) is 0.621. The average Bonchev–Trinajstić information content (AvgIpc) is 2.68. The van der Waals surface area contributed by atoms with E-state index in [1.165, 1.54) is 0 Å². The zero-order valence-corrected chi connectivity index (χ0v) is 15.1. The Kier molecular flexibility index (Phi) is 6.08. The van der Waals surface area contributed by atoms with Gasteiger partial charge in [-0.05, 0) is 42.5 Å². The minimum atomic E-state index is -0.0301. The summed E-state index contributed by atoms with van der Waals surface area (Å²) in [6, 6.07) is 17.6. The van der Waals surface area contributed by atoms with Crippen molar-refractivity contribution in [2.75, 3.05) is 13.2 Å². The fourth-order valence-corrected chi connectivity index (χ4v) is 3.14. The van der Waals surface area contributed by atoms with Gasteiger partial charge in [-0.25, -0.2) is 0 Å². The Labute approximate surface area is 153 Å². The number of fused-ring (bicyclic) bond motifs is 1. The van der Waals surface area contributed by atoms with Crippen molar-refractivity contribution in [1.82, 2.24) is 4.57 Å². The second-order valence-electron chi connectivity index (χ2n) is 6.49. The monoisotopic (exact) mass is 351 g/mol. The Morgan fingerprint density at radius 2 is 1.73 bits per heavy atom. The van der Waals surface area contributed by atoms with E-state index < -0.39 is 0 Å². The lowest BCUT2D eigenvalue weighted by Crippen LogP contribution is -2.16. The summed E-state index contributed by atoms with van der Waals surface area (Å²) in [5.74, 6) is 0.778. The molecular weight excluding hydrogens is 326 g/mol. The summed E-state index contributed by atoms with van der Waals surface area (Å²) >= 11 is 0. The van der Waals surface area contributed by atoms with E-state index in [0.29, 0.717) is 6.61 Å². The first kappa shape index (κ1) is 18.2. The van der Waals surface area contributed by atoms with Crippen LogP contribution < -0.4 is 10.3 Å². The lowest BCUT2D eigenvalue weighted by atomic mass is 10.0. The summed E-state index contributed by atoms with van der Waals surface area (Å²) < 4.78 is 7.52. The lowest BCUT2D eigenvalue weighted by molar-refractivity contribution is 0.273. The predicted octanol–water partition coefficient (Wildman–Crippen LogP) is 4.14. The number of rotatable bonds is 8. The number of unbranched alkanes of at least 4 members (excludes halogenated alkanes) is 3. The molecule has 0 saturated carbocycles. The van der Waals surface area contributed by atoms with Gasteiger partial charge < -0.3 is 14.4 Å². The van der Waals surface area contributed by atoms with Crippen LogP contribution in [0.15, 0.2) is 59.4 Å². The summed E-state index contributed by atoms with van der Waals surface area (Å²) in [6.07, 6.45) is 3.87. The maximum Gasteiger partial charge on any atom is 0.251 e. The van der Waals surface area contributed by atoms with Gasteiger partial charge in [-0.1, -0.05) is 36.8 Å². The van der Waals surface area contributed by atoms with Gasteiger partial charge in [-0.2, -0.15) is 0 Å². The third-order valence-electron chi connectivity index (χ3n) is 4.63. The Morgan fingerprint density at radius 3 is 2.50 bits per heavy atom. The third kappa shape index (κ3) is 4.14. The van der Waals surface area contributed by atoms with Crippen molar-refractivity contribution in [3.05, 3.63) is 65.0 Å². The molecule has 0 bridgehead atoms. The van der Waals surface area contributed by atoms with Crippen molar-refractivity contribution in [1.29, 1.82) is 0 Å². The molecule has 0 spiro atoms. The Bertz CT molecular complexity index is 916. The fraction of sp³-hybridized carbons (Fsp3) is 0.318. The molecule has 136 valence electrons. The molecule has 1 heterocycles. The standard InChI is InChI=1S/C22H25NO3/c1-23-21-15-18(26-14-8-3-2-7-13-24)11-12-19(21)20(16-22(23)25)17-9-5-4-6-10-17/h4-6,9-12,15-16,24H,2-3,7-8,13-14H2,1H3. The van der Waals surface area contributed by atoms with Crippen LogP contribution in [0.3, 0.4) is 0 Å². The van der Waals surface area contributed by atoms with Gasteiger partial charge in [0, 0.05) is 31.2 Å². The van der Waals surface area contributed by atoms with E-state index in [-0.39, 0.29) is 12.2 Å². The summed E-state index contributed by atoms with van der Waals surface area (Å²) in [4.78, 5) is 12.4. The Hall–Kier alpha value is -2.59. The number of aliphatic hydroxyl groups is 1. The first-order chi connectivity index (χ1) is 12.7. The van der Waals surface area contributed by atoms with Gasteiger partial charge in [0.2, 0.25) is 0 Å². The van der Waals surface area contributed by atoms with Crippen LogP contribution in [0.1, 0.15) is 25.7 Å². The summed E-state index contributed by atoms with van der Waals surface area (Å²) in [5.41, 5.74) is 2.82. The van der Waals surface area contributed by atoms with Gasteiger partial charge in [0.1, 0.15) is 5.75 Å². The SMILES string of the molecule is Cn1c(=O)cc(-c2ccccc2)c2ccc(OCCCCCCO)cc21. The molecule has 0 unspecified atom stereocenters. The molecule has 4 heteroatoms. The van der Waals surface area contributed by atoms with Crippen LogP contribution >= 0.6 is 0 Å². The second kappa shape index (κ2) is 8.68. The molecule has 4 nitrogen and oxygen atoms in total. The van der Waals surface area contributed by atoms with Crippen LogP contribution in [-0.4, -0.2) is 22.9 Å². The second-order valence-corrected chi connectivity index (χ2v) is 6.49. The molecule has 1 N–H and O–H groups in total. The fourth-order valence-electron chi connectivity index (χ4n) is 3.14. The Balaban J connectivity index is 1.85. The van der Waals surface area contributed by atoms with E-state index >= 15 is 0 Å². The first-order valence-corrected chi connectivity index (χ1v) is 9.13. The Morgan fingerprint density at radius 1 is 0.962 bits per heavy atom. The lowest BCUT2D eigenvalue weighted by Gasteiger charge is -2.13. The molecule has 0 aliphatic heterocycles. The molecule has 0 aliphatic carbocycles. The largest absolute Gasteiger partial charge is 0.494 e. The molecule has 0 saturated heterocycles. The van der Waals surface area contributed by atoms with Crippen LogP contribution in [0.4, 0.5) is 0 Å². The number of nitrogens with zero attached hydrogens (tertiary/aromatic N) is 1. The van der Waals surface area contributed by atoms with E-state index in [9.17, 15) is 4.79 Å². The molecule has 0 fully saturated rings. The highest BCUT2D eigenvalue weighted by molar-refractivity contribution is 5.95. The molecule has 0 radical (unpaired) electrons. The van der Waals surface area contributed by atoms with E-state index in [1.807, 2.05) is 48.5 Å². The molecular formula is C22H25NO3. The van der Waals surface area contributed by atoms with Gasteiger partial charge in [-0.3, -0.25) is 4.79 Å². The molecule has 0 aliphatic rings. The van der Waals surface area contributed by atoms with Crippen LogP contribution in [0.2, 0.25) is 0 Å². The number of aromatic nitrogens is 1.